The first kappa shape index (κ1) is 26.5. The zero-order valence-corrected chi connectivity index (χ0v) is 22.8. The maximum atomic E-state index is 14.7. The number of carbonyl (C=O) groups excluding carboxylic acids is 3. The van der Waals surface area contributed by atoms with E-state index in [1.807, 2.05) is 0 Å². The molecule has 4 aromatic rings. The van der Waals surface area contributed by atoms with Gasteiger partial charge in [0.25, 0.3) is 5.69 Å². The number of anilines is 1. The van der Waals surface area contributed by atoms with E-state index < -0.39 is 51.5 Å². The predicted octanol–water partition coefficient (Wildman–Crippen LogP) is 6.06. The van der Waals surface area contributed by atoms with Crippen LogP contribution in [0.25, 0.3) is 6.08 Å². The van der Waals surface area contributed by atoms with Gasteiger partial charge in [0.05, 0.1) is 18.1 Å². The topological polar surface area (TPSA) is 107 Å². The first-order valence-electron chi connectivity index (χ1n) is 13.6. The highest BCUT2D eigenvalue weighted by Gasteiger charge is 2.71. The smallest absolute Gasteiger partial charge is 0.269 e. The Balaban J connectivity index is 1.56. The summed E-state index contributed by atoms with van der Waals surface area (Å²) in [5.74, 6) is -2.53. The van der Waals surface area contributed by atoms with E-state index >= 15 is 0 Å². The minimum absolute atomic E-state index is 0.232. The number of methoxy groups -OCH3 is 1. The second-order valence-corrected chi connectivity index (χ2v) is 10.9. The lowest BCUT2D eigenvalue weighted by Gasteiger charge is -2.37. The third-order valence-electron chi connectivity index (χ3n) is 8.83. The minimum Gasteiger partial charge on any atom is -0.497 e. The van der Waals surface area contributed by atoms with Crippen LogP contribution in [0.2, 0.25) is 0 Å². The van der Waals surface area contributed by atoms with Crippen molar-refractivity contribution in [1.82, 2.24) is 0 Å². The molecule has 1 fully saturated rings. The lowest BCUT2D eigenvalue weighted by Crippen LogP contribution is -2.48. The van der Waals surface area contributed by atoms with Crippen LogP contribution in [0.5, 0.6) is 5.75 Å². The minimum atomic E-state index is -1.83. The van der Waals surface area contributed by atoms with Crippen molar-refractivity contribution in [2.75, 3.05) is 12.0 Å². The summed E-state index contributed by atoms with van der Waals surface area (Å²) in [6.07, 6.45) is 3.33. The molecule has 9 heteroatoms. The van der Waals surface area contributed by atoms with Gasteiger partial charge >= 0.3 is 0 Å². The van der Waals surface area contributed by atoms with Gasteiger partial charge in [-0.1, -0.05) is 60.7 Å². The largest absolute Gasteiger partial charge is 0.497 e. The van der Waals surface area contributed by atoms with Crippen molar-refractivity contribution in [1.29, 1.82) is 0 Å². The van der Waals surface area contributed by atoms with Crippen LogP contribution in [-0.4, -0.2) is 41.5 Å². The van der Waals surface area contributed by atoms with Gasteiger partial charge in [0, 0.05) is 46.0 Å². The van der Waals surface area contributed by atoms with Gasteiger partial charge < -0.3 is 9.64 Å². The highest BCUT2D eigenvalue weighted by atomic mass is 19.1. The van der Waals surface area contributed by atoms with Crippen molar-refractivity contribution >= 4 is 34.8 Å². The number of nitro groups is 1. The molecule has 3 atom stereocenters. The molecule has 3 aliphatic rings. The molecule has 4 aromatic carbocycles. The number of carbonyl (C=O) groups is 3. The van der Waals surface area contributed by atoms with E-state index in [1.165, 1.54) is 43.5 Å². The molecule has 0 unspecified atom stereocenters. The van der Waals surface area contributed by atoms with Crippen molar-refractivity contribution in [3.8, 4) is 5.75 Å². The summed E-state index contributed by atoms with van der Waals surface area (Å²) in [5, 5.41) is 11.9. The highest BCUT2D eigenvalue weighted by Crippen LogP contribution is 2.61. The molecule has 0 amide bonds. The number of Topliss-reactive ketones (excluding diaryl/α,β-unsaturated/α-hetero) is 3. The SMILES string of the molecule is COc1cccc(C(=O)[C@@H]2[C@@H](c3cccc([N+](=O)[O-])c3)C3(C(=O)c4ccccc4C3=O)[C@@H]3C=Cc4cc(F)ccc4N23)c1. The molecule has 8 nitrogen and oxygen atoms in total. The van der Waals surface area contributed by atoms with Gasteiger partial charge in [-0.2, -0.15) is 0 Å². The zero-order chi connectivity index (χ0) is 30.0. The number of halogens is 1. The fraction of sp³-hybridized carbons (Fsp3) is 0.147. The lowest BCUT2D eigenvalue weighted by molar-refractivity contribution is -0.384. The standard InChI is InChI=1S/C34H23FN2O6/c1-43-24-9-5-7-21(18-24)31(38)30-29(20-6-4-8-23(17-20)37(41)42)34(32(39)25-10-2-3-11-26(25)33(34)40)28-15-12-19-16-22(35)13-14-27(19)36(28)30/h2-18,28-30H,1H3/t28-,29+,30-/m0/s1. The Labute approximate surface area is 245 Å². The van der Waals surface area contributed by atoms with Crippen molar-refractivity contribution in [3.63, 3.8) is 0 Å². The van der Waals surface area contributed by atoms with Crippen LogP contribution in [0.15, 0.2) is 97.1 Å². The Bertz CT molecular complexity index is 1880. The van der Waals surface area contributed by atoms with E-state index in [0.29, 0.717) is 22.6 Å². The Morgan fingerprint density at radius 1 is 0.930 bits per heavy atom. The quantitative estimate of drug-likeness (QED) is 0.123. The van der Waals surface area contributed by atoms with Gasteiger partial charge in [-0.05, 0) is 35.9 Å². The summed E-state index contributed by atoms with van der Waals surface area (Å²) in [6, 6.07) is 20.8. The first-order valence-corrected chi connectivity index (χ1v) is 13.6. The molecular weight excluding hydrogens is 551 g/mol. The fourth-order valence-corrected chi connectivity index (χ4v) is 7.10. The average Bonchev–Trinajstić information content (AvgIpc) is 3.46. The Morgan fingerprint density at radius 2 is 1.65 bits per heavy atom. The molecule has 2 heterocycles. The highest BCUT2D eigenvalue weighted by molar-refractivity contribution is 6.32. The number of nitro benzene ring substituents is 1. The van der Waals surface area contributed by atoms with E-state index in [0.717, 1.165) is 0 Å². The van der Waals surface area contributed by atoms with Crippen LogP contribution in [-0.2, 0) is 0 Å². The number of rotatable bonds is 5. The third kappa shape index (κ3) is 3.64. The predicted molar refractivity (Wildman–Crippen MR) is 156 cm³/mol. The molecule has 43 heavy (non-hydrogen) atoms. The normalized spacial score (nSPS) is 21.0. The average molecular weight is 575 g/mol. The number of hydrogen-bond acceptors (Lipinski definition) is 7. The molecular formula is C34H23FN2O6. The fourth-order valence-electron chi connectivity index (χ4n) is 7.10. The summed E-state index contributed by atoms with van der Waals surface area (Å²) >= 11 is 0. The van der Waals surface area contributed by atoms with Crippen LogP contribution in [0, 0.1) is 21.3 Å². The molecule has 0 saturated carbocycles. The molecule has 1 saturated heterocycles. The molecule has 0 aromatic heterocycles. The Morgan fingerprint density at radius 3 is 2.35 bits per heavy atom. The maximum Gasteiger partial charge on any atom is 0.269 e. The molecule has 0 N–H and O–H groups in total. The van der Waals surface area contributed by atoms with Gasteiger partial charge in [0.1, 0.15) is 23.0 Å². The van der Waals surface area contributed by atoms with Gasteiger partial charge in [-0.3, -0.25) is 24.5 Å². The molecule has 7 rings (SSSR count). The van der Waals surface area contributed by atoms with Crippen LogP contribution in [0.1, 0.15) is 48.1 Å². The summed E-state index contributed by atoms with van der Waals surface area (Å²) < 4.78 is 19.8. The number of non-ortho nitro benzene ring substituents is 1. The molecule has 2 aliphatic heterocycles. The maximum absolute atomic E-state index is 14.7. The molecule has 212 valence electrons. The summed E-state index contributed by atoms with van der Waals surface area (Å²) in [7, 11) is 1.48. The Hall–Kier alpha value is -5.44. The number of nitrogens with zero attached hydrogens (tertiary/aromatic N) is 2. The molecule has 1 spiro atoms. The van der Waals surface area contributed by atoms with Gasteiger partial charge in [-0.15, -0.1) is 0 Å². The van der Waals surface area contributed by atoms with Crippen molar-refractivity contribution in [2.45, 2.75) is 18.0 Å². The van der Waals surface area contributed by atoms with E-state index in [2.05, 4.69) is 0 Å². The van der Waals surface area contributed by atoms with Gasteiger partial charge in [0.15, 0.2) is 17.3 Å². The summed E-state index contributed by atoms with van der Waals surface area (Å²) in [5.41, 5.74) is -0.0878. The van der Waals surface area contributed by atoms with E-state index in [1.54, 1.807) is 71.6 Å². The number of hydrogen-bond donors (Lipinski definition) is 0. The number of fused-ring (bicyclic) bond motifs is 5. The van der Waals surface area contributed by atoms with Crippen molar-refractivity contribution in [2.24, 2.45) is 5.41 Å². The molecule has 1 aliphatic carbocycles. The monoisotopic (exact) mass is 574 g/mol. The van der Waals surface area contributed by atoms with E-state index in [-0.39, 0.29) is 22.4 Å². The summed E-state index contributed by atoms with van der Waals surface area (Å²) in [4.78, 5) is 57.1. The van der Waals surface area contributed by atoms with E-state index in [9.17, 15) is 28.9 Å². The second-order valence-electron chi connectivity index (χ2n) is 10.9. The zero-order valence-electron chi connectivity index (χ0n) is 22.8. The summed E-state index contributed by atoms with van der Waals surface area (Å²) in [6.45, 7) is 0. The first-order chi connectivity index (χ1) is 20.8. The number of ether oxygens (including phenoxy) is 1. The third-order valence-corrected chi connectivity index (χ3v) is 8.83. The van der Waals surface area contributed by atoms with E-state index in [4.69, 9.17) is 4.74 Å². The van der Waals surface area contributed by atoms with Gasteiger partial charge in [-0.25, -0.2) is 4.39 Å². The molecule has 0 bridgehead atoms. The van der Waals surface area contributed by atoms with Crippen LogP contribution in [0.4, 0.5) is 15.8 Å². The van der Waals surface area contributed by atoms with Crippen LogP contribution >= 0.6 is 0 Å². The number of benzene rings is 4. The van der Waals surface area contributed by atoms with Crippen molar-refractivity contribution < 1.29 is 28.4 Å². The lowest BCUT2D eigenvalue weighted by atomic mass is 9.64. The molecule has 0 radical (unpaired) electrons. The second kappa shape index (κ2) is 9.55. The van der Waals surface area contributed by atoms with Crippen LogP contribution < -0.4 is 9.64 Å². The Kier molecular flexibility index (Phi) is 5.88. The van der Waals surface area contributed by atoms with Gasteiger partial charge in [0.2, 0.25) is 0 Å². The van der Waals surface area contributed by atoms with Crippen molar-refractivity contribution in [3.05, 3.63) is 141 Å². The van der Waals surface area contributed by atoms with Crippen LogP contribution in [0.3, 0.4) is 0 Å². The number of ketones is 3.